The van der Waals surface area contributed by atoms with Crippen LogP contribution in [0.1, 0.15) is 61.4 Å². The normalized spacial score (nSPS) is 14.5. The highest BCUT2D eigenvalue weighted by Gasteiger charge is 2.26. The van der Waals surface area contributed by atoms with E-state index in [2.05, 4.69) is 56.7 Å². The number of carbonyl (C=O) groups is 2. The summed E-state index contributed by atoms with van der Waals surface area (Å²) in [5.41, 5.74) is 6.60. The van der Waals surface area contributed by atoms with Gasteiger partial charge in [0, 0.05) is 57.2 Å². The third-order valence-corrected chi connectivity index (χ3v) is 11.2. The molecule has 14 nitrogen and oxygen atoms in total. The predicted molar refractivity (Wildman–Crippen MR) is 206 cm³/mol. The Morgan fingerprint density at radius 3 is 2.42 bits per heavy atom. The first-order chi connectivity index (χ1) is 25.1. The minimum Gasteiger partial charge on any atom is -0.465 e. The first kappa shape index (κ1) is 37.6. The van der Waals surface area contributed by atoms with E-state index in [-0.39, 0.29) is 17.3 Å². The van der Waals surface area contributed by atoms with Crippen molar-refractivity contribution in [2.24, 2.45) is 0 Å². The van der Waals surface area contributed by atoms with Crippen LogP contribution >= 0.6 is 0 Å². The van der Waals surface area contributed by atoms with Crippen LogP contribution in [0.2, 0.25) is 25.7 Å². The number of piperazine rings is 1. The molecule has 0 radical (unpaired) electrons. The minimum absolute atomic E-state index is 0.0630. The van der Waals surface area contributed by atoms with Crippen LogP contribution in [0.15, 0.2) is 53.4 Å². The fourth-order valence-electron chi connectivity index (χ4n) is 6.32. The summed E-state index contributed by atoms with van der Waals surface area (Å²) >= 11 is 0. The number of hydrogen-bond acceptors (Lipinski definition) is 10. The maximum Gasteiger partial charge on any atom is 0.407 e. The summed E-state index contributed by atoms with van der Waals surface area (Å²) < 4.78 is 13.6. The number of hydrogen-bond donors (Lipinski definition) is 2. The third kappa shape index (κ3) is 8.57. The van der Waals surface area contributed by atoms with Gasteiger partial charge in [-0.05, 0) is 55.3 Å². The van der Waals surface area contributed by atoms with E-state index in [1.165, 1.54) is 4.90 Å². The number of benzene rings is 1. The van der Waals surface area contributed by atoms with Crippen molar-refractivity contribution in [2.45, 2.75) is 78.5 Å². The molecule has 5 aromatic rings. The second-order valence-electron chi connectivity index (χ2n) is 15.9. The highest BCUT2D eigenvalue weighted by molar-refractivity contribution is 6.76. The van der Waals surface area contributed by atoms with Gasteiger partial charge in [0.25, 0.3) is 0 Å². The van der Waals surface area contributed by atoms with Gasteiger partial charge in [0.2, 0.25) is 0 Å². The third-order valence-electron chi connectivity index (χ3n) is 9.48. The van der Waals surface area contributed by atoms with Crippen LogP contribution in [0.25, 0.3) is 33.7 Å². The smallest absolute Gasteiger partial charge is 0.407 e. The van der Waals surface area contributed by atoms with Gasteiger partial charge in [-0.1, -0.05) is 57.7 Å². The molecule has 0 bridgehead atoms. The molecule has 15 heteroatoms. The average molecular weight is 740 g/mol. The average Bonchev–Trinajstić information content (AvgIpc) is 3.76. The number of carboxylic acid groups (broad SMARTS) is 1. The van der Waals surface area contributed by atoms with Crippen molar-refractivity contribution in [1.29, 1.82) is 0 Å². The van der Waals surface area contributed by atoms with E-state index in [1.54, 1.807) is 6.33 Å². The molecule has 4 aromatic heterocycles. The van der Waals surface area contributed by atoms with Crippen molar-refractivity contribution < 1.29 is 24.0 Å². The quantitative estimate of drug-likeness (QED) is 0.109. The SMILES string of the molecule is Cc1cc(-c2ncnc3c2cc(-c2ccc(N4CCN(C(=O)O)CC4)cn2)n3COCC[Si](C)(C)C)ccc1C(C)NC(=O)c1nc(C(C)(C)C)no1. The number of nitrogens with one attached hydrogen (secondary N) is 1. The lowest BCUT2D eigenvalue weighted by atomic mass is 9.96. The number of amides is 2. The Morgan fingerprint density at radius 1 is 1.04 bits per heavy atom. The topological polar surface area (TPSA) is 165 Å². The van der Waals surface area contributed by atoms with E-state index in [0.29, 0.717) is 45.3 Å². The predicted octanol–water partition coefficient (Wildman–Crippen LogP) is 6.75. The highest BCUT2D eigenvalue weighted by atomic mass is 28.3. The van der Waals surface area contributed by atoms with Gasteiger partial charge >= 0.3 is 17.9 Å². The largest absolute Gasteiger partial charge is 0.465 e. The molecular weight excluding hydrogens is 691 g/mol. The van der Waals surface area contributed by atoms with Gasteiger partial charge in [0.15, 0.2) is 5.82 Å². The van der Waals surface area contributed by atoms with Crippen LogP contribution in [0.3, 0.4) is 0 Å². The lowest BCUT2D eigenvalue weighted by molar-refractivity contribution is 0.0894. The highest BCUT2D eigenvalue weighted by Crippen LogP contribution is 2.34. The first-order valence-electron chi connectivity index (χ1n) is 18.0. The molecule has 280 valence electrons. The van der Waals surface area contributed by atoms with Crippen LogP contribution in [0, 0.1) is 6.92 Å². The summed E-state index contributed by atoms with van der Waals surface area (Å²) in [7, 11) is -1.29. The van der Waals surface area contributed by atoms with Gasteiger partial charge in [0.1, 0.15) is 18.7 Å². The Hall–Kier alpha value is -5.15. The molecule has 1 aliphatic rings. The number of fused-ring (bicyclic) bond motifs is 1. The molecule has 5 heterocycles. The Kier molecular flexibility index (Phi) is 10.7. The number of aromatic nitrogens is 6. The van der Waals surface area contributed by atoms with E-state index < -0.39 is 20.1 Å². The zero-order valence-corrected chi connectivity index (χ0v) is 32.8. The molecular formula is C38H49N9O5Si. The monoisotopic (exact) mass is 739 g/mol. The molecule has 53 heavy (non-hydrogen) atoms. The summed E-state index contributed by atoms with van der Waals surface area (Å²) in [5, 5.41) is 17.2. The zero-order valence-electron chi connectivity index (χ0n) is 31.8. The number of carbonyl (C=O) groups excluding carboxylic acids is 1. The second-order valence-corrected chi connectivity index (χ2v) is 21.5. The molecule has 2 amide bonds. The van der Waals surface area contributed by atoms with Gasteiger partial charge in [0.05, 0.1) is 35.0 Å². The maximum atomic E-state index is 13.0. The van der Waals surface area contributed by atoms with Crippen LogP contribution in [-0.2, 0) is 16.9 Å². The standard InChI is InChI=1S/C38H49N9O5Si/c1-24-19-26(9-11-28(24)25(2)42-34(48)35-43-36(44-52-35)38(3,4)5)32-29-20-31(47(33(29)41-22-40-32)23-51-17-18-53(6,7)8)30-12-10-27(21-39-30)45-13-15-46(16-14-45)37(49)50/h9-12,19-22,25H,13-18,23H2,1-8H3,(H,42,48)(H,49,50). The number of anilines is 1. The maximum absolute atomic E-state index is 13.0. The van der Waals surface area contributed by atoms with Crippen molar-refractivity contribution in [1.82, 2.24) is 39.9 Å². The van der Waals surface area contributed by atoms with Crippen molar-refractivity contribution >= 4 is 36.8 Å². The molecule has 1 aliphatic heterocycles. The molecule has 2 N–H and O–H groups in total. The van der Waals surface area contributed by atoms with E-state index in [1.807, 2.05) is 65.1 Å². The lowest BCUT2D eigenvalue weighted by Crippen LogP contribution is -2.48. The van der Waals surface area contributed by atoms with Crippen molar-refractivity contribution in [3.05, 3.63) is 71.8 Å². The zero-order chi connectivity index (χ0) is 38.1. The Morgan fingerprint density at radius 2 is 1.79 bits per heavy atom. The molecule has 0 saturated carbocycles. The molecule has 1 aromatic carbocycles. The number of rotatable bonds is 11. The Labute approximate surface area is 310 Å². The Balaban J connectivity index is 1.28. The van der Waals surface area contributed by atoms with Gasteiger partial charge in [-0.2, -0.15) is 4.98 Å². The van der Waals surface area contributed by atoms with Gasteiger partial charge < -0.3 is 29.5 Å². The van der Waals surface area contributed by atoms with Gasteiger partial charge in [-0.25, -0.2) is 14.8 Å². The summed E-state index contributed by atoms with van der Waals surface area (Å²) in [6.07, 6.45) is 2.53. The van der Waals surface area contributed by atoms with Crippen molar-refractivity contribution in [3.63, 3.8) is 0 Å². The molecule has 1 saturated heterocycles. The fourth-order valence-corrected chi connectivity index (χ4v) is 7.07. The van der Waals surface area contributed by atoms with E-state index in [9.17, 15) is 14.7 Å². The van der Waals surface area contributed by atoms with Crippen molar-refractivity contribution in [2.75, 3.05) is 37.7 Å². The van der Waals surface area contributed by atoms with Crippen LogP contribution in [-0.4, -0.2) is 92.5 Å². The number of aryl methyl sites for hydroxylation is 1. The lowest BCUT2D eigenvalue weighted by Gasteiger charge is -2.34. The van der Waals surface area contributed by atoms with Crippen molar-refractivity contribution in [3.8, 4) is 22.6 Å². The van der Waals surface area contributed by atoms with E-state index in [4.69, 9.17) is 24.2 Å². The van der Waals surface area contributed by atoms with Gasteiger partial charge in [-0.15, -0.1) is 0 Å². The molecule has 1 unspecified atom stereocenters. The fraction of sp³-hybridized carbons (Fsp3) is 0.447. The molecule has 6 rings (SSSR count). The molecule has 0 aliphatic carbocycles. The van der Waals surface area contributed by atoms with Crippen LogP contribution in [0.5, 0.6) is 0 Å². The second kappa shape index (κ2) is 15.1. The summed E-state index contributed by atoms with van der Waals surface area (Å²) in [6, 6.07) is 12.9. The molecule has 1 atom stereocenters. The molecule has 1 fully saturated rings. The molecule has 0 spiro atoms. The summed E-state index contributed by atoms with van der Waals surface area (Å²) in [4.78, 5) is 46.6. The van der Waals surface area contributed by atoms with Crippen LogP contribution < -0.4 is 10.2 Å². The number of ether oxygens (including phenoxy) is 1. The summed E-state index contributed by atoms with van der Waals surface area (Å²) in [5.74, 6) is -0.0140. The first-order valence-corrected chi connectivity index (χ1v) is 21.7. The van der Waals surface area contributed by atoms with Gasteiger partial charge in [-0.3, -0.25) is 14.3 Å². The number of nitrogens with zero attached hydrogens (tertiary/aromatic N) is 8. The Bertz CT molecular complexity index is 2090. The summed E-state index contributed by atoms with van der Waals surface area (Å²) in [6.45, 7) is 19.9. The minimum atomic E-state index is -1.29. The van der Waals surface area contributed by atoms with E-state index in [0.717, 1.165) is 56.5 Å². The van der Waals surface area contributed by atoms with E-state index >= 15 is 0 Å². The number of pyridine rings is 1. The van der Waals surface area contributed by atoms with Crippen LogP contribution in [0.4, 0.5) is 10.5 Å².